The van der Waals surface area contributed by atoms with Gasteiger partial charge in [-0.25, -0.2) is 13.4 Å². The molecule has 0 amide bonds. The predicted molar refractivity (Wildman–Crippen MR) is 125 cm³/mol. The van der Waals surface area contributed by atoms with Crippen molar-refractivity contribution in [1.29, 1.82) is 0 Å². The average Bonchev–Trinajstić information content (AvgIpc) is 3.48. The second kappa shape index (κ2) is 8.74. The van der Waals surface area contributed by atoms with Gasteiger partial charge in [0.15, 0.2) is 0 Å². The lowest BCUT2D eigenvalue weighted by Crippen LogP contribution is -2.40. The summed E-state index contributed by atoms with van der Waals surface area (Å²) >= 11 is 2.67. The van der Waals surface area contributed by atoms with Crippen LogP contribution in [0.2, 0.25) is 0 Å². The number of para-hydroxylation sites is 1. The van der Waals surface area contributed by atoms with Gasteiger partial charge < -0.3 is 4.74 Å². The van der Waals surface area contributed by atoms with Crippen molar-refractivity contribution in [2.75, 3.05) is 6.54 Å². The van der Waals surface area contributed by atoms with Crippen LogP contribution in [-0.2, 0) is 32.6 Å². The molecule has 5 rings (SSSR count). The minimum atomic E-state index is -3.71. The molecule has 1 aliphatic rings. The van der Waals surface area contributed by atoms with Crippen LogP contribution in [0.3, 0.4) is 0 Å². The number of ether oxygens (including phenoxy) is 1. The molecule has 0 saturated heterocycles. The second-order valence-corrected chi connectivity index (χ2v) is 11.6. The van der Waals surface area contributed by atoms with E-state index in [-0.39, 0.29) is 17.2 Å². The van der Waals surface area contributed by atoms with Crippen LogP contribution in [0.25, 0.3) is 10.2 Å². The molecule has 0 radical (unpaired) electrons. The molecule has 164 valence electrons. The molecule has 6 nitrogen and oxygen atoms in total. The number of hydrogen-bond acceptors (Lipinski definition) is 7. The summed E-state index contributed by atoms with van der Waals surface area (Å²) in [5.41, 5.74) is 2.79. The fourth-order valence-electron chi connectivity index (χ4n) is 3.99. The number of nitrogens with zero attached hydrogens (tertiary/aromatic N) is 2. The Balaban J connectivity index is 1.37. The highest BCUT2D eigenvalue weighted by molar-refractivity contribution is 7.91. The molecule has 1 atom stereocenters. The van der Waals surface area contributed by atoms with Gasteiger partial charge in [0.2, 0.25) is 0 Å². The third-order valence-corrected chi connectivity index (χ3v) is 9.77. The summed E-state index contributed by atoms with van der Waals surface area (Å²) in [5, 5.41) is 2.46. The van der Waals surface area contributed by atoms with Crippen molar-refractivity contribution in [3.8, 4) is 0 Å². The van der Waals surface area contributed by atoms with Crippen molar-refractivity contribution < 1.29 is 17.9 Å². The molecule has 2 aromatic carbocycles. The largest absolute Gasteiger partial charge is 0.458 e. The number of thiophene rings is 1. The van der Waals surface area contributed by atoms with E-state index in [2.05, 4.69) is 4.98 Å². The molecule has 0 spiro atoms. The van der Waals surface area contributed by atoms with Gasteiger partial charge in [-0.1, -0.05) is 42.5 Å². The van der Waals surface area contributed by atoms with Crippen molar-refractivity contribution >= 4 is 48.9 Å². The first-order valence-electron chi connectivity index (χ1n) is 10.2. The van der Waals surface area contributed by atoms with Gasteiger partial charge in [0, 0.05) is 6.54 Å². The zero-order valence-corrected chi connectivity index (χ0v) is 19.5. The number of benzene rings is 2. The Kier molecular flexibility index (Phi) is 5.81. The fraction of sp³-hybridized carbons (Fsp3) is 0.217. The number of thiazole rings is 1. The maximum atomic E-state index is 13.3. The van der Waals surface area contributed by atoms with E-state index < -0.39 is 22.0 Å². The third kappa shape index (κ3) is 4.09. The van der Waals surface area contributed by atoms with Crippen molar-refractivity contribution in [1.82, 2.24) is 9.29 Å². The van der Waals surface area contributed by atoms with E-state index in [1.54, 1.807) is 17.5 Å². The number of carbonyl (C=O) groups is 1. The Labute approximate surface area is 194 Å². The highest BCUT2D eigenvalue weighted by atomic mass is 32.2. The van der Waals surface area contributed by atoms with Gasteiger partial charge >= 0.3 is 5.97 Å². The Morgan fingerprint density at radius 3 is 2.72 bits per heavy atom. The Morgan fingerprint density at radius 1 is 1.09 bits per heavy atom. The van der Waals surface area contributed by atoms with Crippen LogP contribution < -0.4 is 0 Å². The maximum Gasteiger partial charge on any atom is 0.308 e. The molecule has 2 aromatic heterocycles. The van der Waals surface area contributed by atoms with Crippen LogP contribution in [0.4, 0.5) is 0 Å². The summed E-state index contributed by atoms with van der Waals surface area (Å²) in [6.07, 6.45) is 0.560. The zero-order chi connectivity index (χ0) is 22.1. The van der Waals surface area contributed by atoms with Gasteiger partial charge in [0.05, 0.1) is 22.7 Å². The molecule has 4 aromatic rings. The summed E-state index contributed by atoms with van der Waals surface area (Å²) in [4.78, 5) is 17.3. The lowest BCUT2D eigenvalue weighted by molar-refractivity contribution is -0.146. The van der Waals surface area contributed by atoms with E-state index in [1.807, 2.05) is 48.5 Å². The molecule has 32 heavy (non-hydrogen) atoms. The molecule has 0 fully saturated rings. The van der Waals surface area contributed by atoms with E-state index in [9.17, 15) is 13.2 Å². The van der Waals surface area contributed by atoms with Gasteiger partial charge in [-0.15, -0.1) is 22.7 Å². The Hall–Kier alpha value is -2.59. The normalized spacial score (nSPS) is 16.7. The highest BCUT2D eigenvalue weighted by Gasteiger charge is 2.38. The van der Waals surface area contributed by atoms with Crippen LogP contribution in [0.15, 0.2) is 70.3 Å². The molecule has 0 bridgehead atoms. The molecular formula is C23H20N2O4S3. The molecule has 1 aliphatic heterocycles. The van der Waals surface area contributed by atoms with Crippen LogP contribution in [0, 0.1) is 0 Å². The first-order chi connectivity index (χ1) is 15.5. The second-order valence-electron chi connectivity index (χ2n) is 7.45. The minimum absolute atomic E-state index is 0.0491. The summed E-state index contributed by atoms with van der Waals surface area (Å²) in [5.74, 6) is -0.447. The SMILES string of the molecule is O=C(C[C@@H]1c2ccccc2CCN1S(=O)(=O)c1cccs1)OCc1nc2ccccc2s1. The number of fused-ring (bicyclic) bond motifs is 2. The smallest absolute Gasteiger partial charge is 0.308 e. The van der Waals surface area contributed by atoms with Gasteiger partial charge in [-0.3, -0.25) is 4.79 Å². The molecule has 0 N–H and O–H groups in total. The first kappa shape index (κ1) is 21.3. The van der Waals surface area contributed by atoms with Crippen LogP contribution in [0.5, 0.6) is 0 Å². The summed E-state index contributed by atoms with van der Waals surface area (Å²) in [7, 11) is -3.71. The van der Waals surface area contributed by atoms with Gasteiger partial charge in [0.25, 0.3) is 10.0 Å². The molecule has 0 aliphatic carbocycles. The molecule has 9 heteroatoms. The van der Waals surface area contributed by atoms with Crippen LogP contribution >= 0.6 is 22.7 Å². The van der Waals surface area contributed by atoms with E-state index in [0.717, 1.165) is 21.3 Å². The fourth-order valence-corrected chi connectivity index (χ4v) is 7.60. The quantitative estimate of drug-likeness (QED) is 0.368. The lowest BCUT2D eigenvalue weighted by Gasteiger charge is -2.35. The molecule has 0 saturated carbocycles. The number of esters is 1. The topological polar surface area (TPSA) is 76.6 Å². The van der Waals surface area contributed by atoms with Crippen molar-refractivity contribution in [3.05, 3.63) is 82.2 Å². The number of sulfonamides is 1. The van der Waals surface area contributed by atoms with Crippen LogP contribution in [0.1, 0.15) is 28.6 Å². The molecule has 0 unspecified atom stereocenters. The molecular weight excluding hydrogens is 464 g/mol. The van der Waals surface area contributed by atoms with Gasteiger partial charge in [0.1, 0.15) is 15.8 Å². The highest BCUT2D eigenvalue weighted by Crippen LogP contribution is 2.37. The van der Waals surface area contributed by atoms with E-state index in [0.29, 0.717) is 18.0 Å². The average molecular weight is 485 g/mol. The van der Waals surface area contributed by atoms with E-state index in [4.69, 9.17) is 4.74 Å². The number of carbonyl (C=O) groups excluding carboxylic acids is 1. The van der Waals surface area contributed by atoms with Gasteiger partial charge in [-0.2, -0.15) is 4.31 Å². The third-order valence-electron chi connectivity index (χ3n) is 5.48. The van der Waals surface area contributed by atoms with Crippen molar-refractivity contribution in [2.45, 2.75) is 29.7 Å². The molecule has 3 heterocycles. The number of hydrogen-bond donors (Lipinski definition) is 0. The minimum Gasteiger partial charge on any atom is -0.458 e. The first-order valence-corrected chi connectivity index (χ1v) is 13.3. The zero-order valence-electron chi connectivity index (χ0n) is 17.0. The van der Waals surface area contributed by atoms with Crippen molar-refractivity contribution in [2.24, 2.45) is 0 Å². The van der Waals surface area contributed by atoms with Gasteiger partial charge in [-0.05, 0) is 41.1 Å². The van der Waals surface area contributed by atoms with E-state index >= 15 is 0 Å². The number of rotatable bonds is 6. The summed E-state index contributed by atoms with van der Waals surface area (Å²) in [6, 6.07) is 18.2. The number of aromatic nitrogens is 1. The summed E-state index contributed by atoms with van der Waals surface area (Å²) < 4.78 is 34.9. The van der Waals surface area contributed by atoms with Crippen LogP contribution in [-0.4, -0.2) is 30.2 Å². The Bertz CT molecular complexity index is 1330. The van der Waals surface area contributed by atoms with E-state index in [1.165, 1.54) is 27.0 Å². The standard InChI is InChI=1S/C23H20N2O4S3/c26-22(29-15-21-24-18-8-3-4-9-20(18)31-21)14-19-17-7-2-1-6-16(17)11-12-25(19)32(27,28)23-10-5-13-30-23/h1-10,13,19H,11-12,14-15H2/t19-/m1/s1. The lowest BCUT2D eigenvalue weighted by atomic mass is 9.92. The van der Waals surface area contributed by atoms with Crippen molar-refractivity contribution in [3.63, 3.8) is 0 Å². The monoisotopic (exact) mass is 484 g/mol. The summed E-state index contributed by atoms with van der Waals surface area (Å²) in [6.45, 7) is 0.400. The maximum absolute atomic E-state index is 13.3. The predicted octanol–water partition coefficient (Wildman–Crippen LogP) is 4.78. The Morgan fingerprint density at radius 2 is 1.91 bits per heavy atom.